The highest BCUT2D eigenvalue weighted by Crippen LogP contribution is 2.52. The number of nitrogens with zero attached hydrogens (tertiary/aromatic N) is 2. The molecule has 1 aromatic carbocycles. The molecular formula is C38H49ClN4O9S. The Labute approximate surface area is 318 Å². The topological polar surface area (TPSA) is 166 Å². The standard InChI is InChI=1S/C38H49ClN4O9S/c1-7-22-18-38(22,35(46)47)42-33(44)26-16-24(19-43(26)34(45)32(37(3,4)5)41-36(48)52-23-14-20-13-21(20)15-23)51-28-17-29(53-8-2)40-31-25(28)9-10-27(30(31)39)50-12-11-49-6/h7,9-10,17,20-24,26,32H,1,8,11-16,18-19H2,2-6H3,(H,41,48)(H,42,44)(H,46,47)/t20-,21+,22-,23+,24-,26+,32-,38-/m1/s1. The summed E-state index contributed by atoms with van der Waals surface area (Å²) in [6.45, 7) is 11.9. The number of aliphatic carboxylic acids is 1. The van der Waals surface area contributed by atoms with Gasteiger partial charge in [0.2, 0.25) is 11.8 Å². The number of carboxylic acid groups (broad SMARTS) is 1. The molecule has 3 aliphatic carbocycles. The molecule has 13 nitrogen and oxygen atoms in total. The number of likely N-dealkylation sites (tertiary alicyclic amines) is 1. The number of methoxy groups -OCH3 is 1. The summed E-state index contributed by atoms with van der Waals surface area (Å²) in [7, 11) is 1.58. The van der Waals surface area contributed by atoms with E-state index in [0.29, 0.717) is 57.5 Å². The Hall–Kier alpha value is -3.75. The third-order valence-corrected chi connectivity index (χ3v) is 11.8. The second-order valence-electron chi connectivity index (χ2n) is 15.5. The number of nitrogens with one attached hydrogen (secondary N) is 2. The maximum atomic E-state index is 14.5. The van der Waals surface area contributed by atoms with Crippen LogP contribution in [-0.2, 0) is 23.9 Å². The number of amides is 3. The molecule has 2 heterocycles. The number of fused-ring (bicyclic) bond motifs is 2. The summed E-state index contributed by atoms with van der Waals surface area (Å²) in [6, 6.07) is 3.18. The first-order chi connectivity index (χ1) is 25.2. The normalized spacial score (nSPS) is 27.8. The summed E-state index contributed by atoms with van der Waals surface area (Å²) in [5.41, 5.74) is -1.81. The molecule has 8 atom stereocenters. The zero-order chi connectivity index (χ0) is 38.2. The number of halogens is 1. The van der Waals surface area contributed by atoms with E-state index in [1.165, 1.54) is 29.2 Å². The minimum Gasteiger partial charge on any atom is -0.490 e. The number of alkyl carbamates (subject to hydrolysis) is 1. The van der Waals surface area contributed by atoms with Crippen LogP contribution in [0.25, 0.3) is 10.9 Å². The highest BCUT2D eigenvalue weighted by atomic mass is 35.5. The maximum Gasteiger partial charge on any atom is 0.408 e. The first-order valence-corrected chi connectivity index (χ1v) is 19.5. The molecule has 1 saturated heterocycles. The monoisotopic (exact) mass is 772 g/mol. The number of thioether (sulfide) groups is 1. The Morgan fingerprint density at radius 1 is 1.13 bits per heavy atom. The van der Waals surface area contributed by atoms with Gasteiger partial charge in [0.25, 0.3) is 0 Å². The summed E-state index contributed by atoms with van der Waals surface area (Å²) in [6.07, 6.45) is 3.03. The zero-order valence-corrected chi connectivity index (χ0v) is 32.4. The van der Waals surface area contributed by atoms with Crippen LogP contribution < -0.4 is 20.1 Å². The van der Waals surface area contributed by atoms with Crippen molar-refractivity contribution in [1.29, 1.82) is 0 Å². The lowest BCUT2D eigenvalue weighted by Gasteiger charge is -2.35. The van der Waals surface area contributed by atoms with Crippen molar-refractivity contribution in [1.82, 2.24) is 20.5 Å². The van der Waals surface area contributed by atoms with Gasteiger partial charge in [-0.3, -0.25) is 9.59 Å². The van der Waals surface area contributed by atoms with Crippen molar-refractivity contribution in [2.24, 2.45) is 23.2 Å². The van der Waals surface area contributed by atoms with Crippen LogP contribution in [-0.4, -0.2) is 101 Å². The Kier molecular flexibility index (Phi) is 11.4. The van der Waals surface area contributed by atoms with Crippen molar-refractivity contribution in [2.75, 3.05) is 32.6 Å². The molecule has 0 radical (unpaired) electrons. The van der Waals surface area contributed by atoms with Crippen molar-refractivity contribution in [3.8, 4) is 11.5 Å². The lowest BCUT2D eigenvalue weighted by Crippen LogP contribution is -2.59. The number of carbonyl (C=O) groups is 4. The van der Waals surface area contributed by atoms with Gasteiger partial charge >= 0.3 is 12.1 Å². The lowest BCUT2D eigenvalue weighted by molar-refractivity contribution is -0.146. The number of pyridine rings is 1. The molecule has 0 unspecified atom stereocenters. The molecule has 2 aromatic rings. The predicted molar refractivity (Wildman–Crippen MR) is 199 cm³/mol. The second kappa shape index (κ2) is 15.5. The number of carbonyl (C=O) groups excluding carboxylic acids is 3. The number of carboxylic acids is 1. The van der Waals surface area contributed by atoms with Gasteiger partial charge in [-0.05, 0) is 60.8 Å². The second-order valence-corrected chi connectivity index (χ2v) is 17.2. The van der Waals surface area contributed by atoms with Crippen LogP contribution in [0.3, 0.4) is 0 Å². The average molecular weight is 773 g/mol. The third kappa shape index (κ3) is 8.34. The molecule has 6 rings (SSSR count). The molecule has 4 aliphatic rings. The molecule has 3 N–H and O–H groups in total. The van der Waals surface area contributed by atoms with Gasteiger partial charge in [0.1, 0.15) is 58.0 Å². The first kappa shape index (κ1) is 39.0. The van der Waals surface area contributed by atoms with Gasteiger partial charge in [0.15, 0.2) is 0 Å². The number of rotatable bonds is 15. The summed E-state index contributed by atoms with van der Waals surface area (Å²) in [5, 5.41) is 17.2. The molecule has 0 spiro atoms. The zero-order valence-electron chi connectivity index (χ0n) is 30.8. The van der Waals surface area contributed by atoms with Crippen LogP contribution in [0.2, 0.25) is 5.02 Å². The quantitative estimate of drug-likeness (QED) is 0.120. The van der Waals surface area contributed by atoms with E-state index in [1.54, 1.807) is 25.3 Å². The van der Waals surface area contributed by atoms with Gasteiger partial charge in [0, 0.05) is 30.9 Å². The minimum absolute atomic E-state index is 0.0107. The molecular weight excluding hydrogens is 724 g/mol. The molecule has 15 heteroatoms. The smallest absolute Gasteiger partial charge is 0.408 e. The minimum atomic E-state index is -1.51. The molecule has 0 bridgehead atoms. The number of hydrogen-bond donors (Lipinski definition) is 3. The fourth-order valence-corrected chi connectivity index (χ4v) is 8.50. The van der Waals surface area contributed by atoms with E-state index in [2.05, 4.69) is 17.2 Å². The van der Waals surface area contributed by atoms with Gasteiger partial charge in [-0.25, -0.2) is 14.6 Å². The Morgan fingerprint density at radius 3 is 2.49 bits per heavy atom. The maximum absolute atomic E-state index is 14.5. The van der Waals surface area contributed by atoms with E-state index in [-0.39, 0.29) is 25.5 Å². The Bertz CT molecular complexity index is 1760. The summed E-state index contributed by atoms with van der Waals surface area (Å²) < 4.78 is 23.3. The molecule has 4 fully saturated rings. The van der Waals surface area contributed by atoms with Gasteiger partial charge < -0.3 is 39.6 Å². The molecule has 1 aromatic heterocycles. The van der Waals surface area contributed by atoms with Gasteiger partial charge in [0.05, 0.1) is 18.7 Å². The van der Waals surface area contributed by atoms with Crippen molar-refractivity contribution in [3.63, 3.8) is 0 Å². The van der Waals surface area contributed by atoms with Crippen LogP contribution in [0.15, 0.2) is 35.9 Å². The van der Waals surface area contributed by atoms with E-state index in [4.69, 9.17) is 35.5 Å². The van der Waals surface area contributed by atoms with Gasteiger partial charge in [-0.2, -0.15) is 0 Å². The third-order valence-electron chi connectivity index (χ3n) is 10.7. The fourth-order valence-electron chi connectivity index (χ4n) is 7.60. The summed E-state index contributed by atoms with van der Waals surface area (Å²) >= 11 is 8.31. The molecule has 3 saturated carbocycles. The van der Waals surface area contributed by atoms with E-state index in [1.807, 2.05) is 27.7 Å². The van der Waals surface area contributed by atoms with Crippen LogP contribution in [0.1, 0.15) is 59.8 Å². The molecule has 53 heavy (non-hydrogen) atoms. The highest BCUT2D eigenvalue weighted by Gasteiger charge is 2.61. The number of ether oxygens (including phenoxy) is 4. The lowest BCUT2D eigenvalue weighted by atomic mass is 9.85. The highest BCUT2D eigenvalue weighted by molar-refractivity contribution is 7.99. The van der Waals surface area contributed by atoms with Crippen LogP contribution in [0.5, 0.6) is 11.5 Å². The Morgan fingerprint density at radius 2 is 1.87 bits per heavy atom. The van der Waals surface area contributed by atoms with Crippen LogP contribution in [0, 0.1) is 23.2 Å². The first-order valence-electron chi connectivity index (χ1n) is 18.2. The molecule has 1 aliphatic heterocycles. The summed E-state index contributed by atoms with van der Waals surface area (Å²) in [5.74, 6) is 0.0904. The number of benzene rings is 1. The Balaban J connectivity index is 1.28. The predicted octanol–water partition coefficient (Wildman–Crippen LogP) is 5.46. The van der Waals surface area contributed by atoms with Gasteiger partial charge in [-0.1, -0.05) is 45.4 Å². The van der Waals surface area contributed by atoms with E-state index < -0.39 is 58.9 Å². The van der Waals surface area contributed by atoms with E-state index in [9.17, 15) is 24.3 Å². The molecule has 3 amide bonds. The van der Waals surface area contributed by atoms with Crippen LogP contribution >= 0.6 is 23.4 Å². The van der Waals surface area contributed by atoms with Crippen molar-refractivity contribution in [3.05, 3.63) is 35.9 Å². The van der Waals surface area contributed by atoms with Crippen molar-refractivity contribution in [2.45, 2.75) is 94.7 Å². The SMILES string of the molecule is C=C[C@@H]1C[C@]1(NC(=O)[C@@H]1C[C@@H](Oc2cc(SCC)nc3c(Cl)c(OCCOC)ccc23)CN1C(=O)[C@@H](NC(=O)O[C@@H]1C[C@@H]2C[C@@H]2C1)C(C)(C)C)C(=O)O. The fraction of sp³-hybridized carbons (Fsp3) is 0.605. The molecule has 288 valence electrons. The van der Waals surface area contributed by atoms with Crippen LogP contribution in [0.4, 0.5) is 4.79 Å². The van der Waals surface area contributed by atoms with E-state index >= 15 is 0 Å². The van der Waals surface area contributed by atoms with Crippen molar-refractivity contribution < 1.29 is 43.2 Å². The number of aromatic nitrogens is 1. The summed E-state index contributed by atoms with van der Waals surface area (Å²) in [4.78, 5) is 60.3. The van der Waals surface area contributed by atoms with E-state index in [0.717, 1.165) is 18.6 Å². The van der Waals surface area contributed by atoms with Crippen molar-refractivity contribution >= 4 is 58.1 Å². The average Bonchev–Trinajstić information content (AvgIpc) is 3.91. The number of hydrogen-bond acceptors (Lipinski definition) is 10. The van der Waals surface area contributed by atoms with Gasteiger partial charge in [-0.15, -0.1) is 18.3 Å². The largest absolute Gasteiger partial charge is 0.490 e.